The van der Waals surface area contributed by atoms with Gasteiger partial charge in [-0.3, -0.25) is 4.79 Å². The maximum Gasteiger partial charge on any atom is 0.225 e. The van der Waals surface area contributed by atoms with Crippen LogP contribution in [0.2, 0.25) is 0 Å². The minimum Gasteiger partial charge on any atom is -0.378 e. The molecule has 0 saturated carbocycles. The smallest absolute Gasteiger partial charge is 0.225 e. The normalized spacial score (nSPS) is 28.9. The number of carbonyl (C=O) groups excluding carboxylic acids is 1. The zero-order chi connectivity index (χ0) is 12.1. The van der Waals surface area contributed by atoms with Crippen molar-refractivity contribution in [2.75, 3.05) is 19.0 Å². The van der Waals surface area contributed by atoms with Crippen LogP contribution in [-0.4, -0.2) is 42.0 Å². The predicted octanol–water partition coefficient (Wildman–Crippen LogP) is 2.57. The first-order chi connectivity index (χ1) is 8.31. The maximum absolute atomic E-state index is 12.2. The third kappa shape index (κ3) is 3.59. The van der Waals surface area contributed by atoms with E-state index in [2.05, 4.69) is 4.90 Å². The molecule has 0 aromatic heterocycles. The highest BCUT2D eigenvalue weighted by Gasteiger charge is 2.30. The summed E-state index contributed by atoms with van der Waals surface area (Å²) in [4.78, 5) is 14.3. The van der Waals surface area contributed by atoms with Gasteiger partial charge in [0.2, 0.25) is 5.91 Å². The van der Waals surface area contributed by atoms with Gasteiger partial charge in [0.25, 0.3) is 0 Å². The number of alkyl halides is 1. The van der Waals surface area contributed by atoms with Gasteiger partial charge < -0.3 is 9.64 Å². The summed E-state index contributed by atoms with van der Waals surface area (Å²) < 4.78 is 5.53. The summed E-state index contributed by atoms with van der Waals surface area (Å²) in [5, 5.41) is 0. The molecule has 0 radical (unpaired) electrons. The highest BCUT2D eigenvalue weighted by Crippen LogP contribution is 2.24. The van der Waals surface area contributed by atoms with Crippen molar-refractivity contribution < 1.29 is 9.53 Å². The van der Waals surface area contributed by atoms with Gasteiger partial charge in [-0.05, 0) is 38.5 Å². The molecule has 2 rings (SSSR count). The van der Waals surface area contributed by atoms with Gasteiger partial charge in [-0.25, -0.2) is 0 Å². The lowest BCUT2D eigenvalue weighted by atomic mass is 10.1. The zero-order valence-electron chi connectivity index (χ0n) is 10.4. The summed E-state index contributed by atoms with van der Waals surface area (Å²) in [5.41, 5.74) is 0. The number of rotatable bonds is 5. The molecule has 4 heteroatoms. The molecular formula is C13H22ClNO2. The van der Waals surface area contributed by atoms with E-state index in [1.54, 1.807) is 0 Å². The van der Waals surface area contributed by atoms with Crippen molar-refractivity contribution in [3.05, 3.63) is 0 Å². The molecule has 0 bridgehead atoms. The summed E-state index contributed by atoms with van der Waals surface area (Å²) in [6.45, 7) is 1.76. The number of hydrogen-bond donors (Lipinski definition) is 0. The van der Waals surface area contributed by atoms with Crippen molar-refractivity contribution in [2.45, 2.75) is 57.1 Å². The number of nitrogens with zero attached hydrogens (tertiary/aromatic N) is 1. The number of amides is 1. The Hall–Kier alpha value is -0.280. The van der Waals surface area contributed by atoms with Gasteiger partial charge in [0.05, 0.1) is 12.5 Å². The topological polar surface area (TPSA) is 29.5 Å². The first-order valence-corrected chi connectivity index (χ1v) is 7.31. The van der Waals surface area contributed by atoms with Crippen LogP contribution in [0.25, 0.3) is 0 Å². The average Bonchev–Trinajstić information content (AvgIpc) is 2.96. The lowest BCUT2D eigenvalue weighted by Crippen LogP contribution is -2.37. The van der Waals surface area contributed by atoms with E-state index < -0.39 is 0 Å². The lowest BCUT2D eigenvalue weighted by molar-refractivity contribution is -0.134. The number of hydrogen-bond acceptors (Lipinski definition) is 2. The summed E-state index contributed by atoms with van der Waals surface area (Å²) in [7, 11) is 0. The van der Waals surface area contributed by atoms with Crippen molar-refractivity contribution in [3.63, 3.8) is 0 Å². The molecule has 98 valence electrons. The van der Waals surface area contributed by atoms with Crippen molar-refractivity contribution in [3.8, 4) is 0 Å². The Kier molecular flexibility index (Phi) is 5.11. The fourth-order valence-electron chi connectivity index (χ4n) is 2.89. The molecule has 0 aromatic carbocycles. The Morgan fingerprint density at radius 1 is 1.35 bits per heavy atom. The Morgan fingerprint density at radius 3 is 2.94 bits per heavy atom. The Balaban J connectivity index is 1.80. The van der Waals surface area contributed by atoms with Gasteiger partial charge in [-0.2, -0.15) is 0 Å². The van der Waals surface area contributed by atoms with E-state index in [0.717, 1.165) is 51.7 Å². The fraction of sp³-hybridized carbons (Fsp3) is 0.923. The van der Waals surface area contributed by atoms with Crippen LogP contribution < -0.4 is 0 Å². The van der Waals surface area contributed by atoms with Crippen molar-refractivity contribution >= 4 is 17.5 Å². The fourth-order valence-corrected chi connectivity index (χ4v) is 3.05. The standard InChI is InChI=1S/C13H22ClNO2/c14-7-1-4-11-5-2-8-15(11)13(16)10-12-6-3-9-17-12/h11-12H,1-10H2. The van der Waals surface area contributed by atoms with Crippen LogP contribution in [0, 0.1) is 0 Å². The molecule has 2 saturated heterocycles. The molecule has 17 heavy (non-hydrogen) atoms. The first kappa shape index (κ1) is 13.2. The van der Waals surface area contributed by atoms with E-state index in [-0.39, 0.29) is 12.0 Å². The second kappa shape index (κ2) is 6.60. The molecule has 0 aromatic rings. The third-order valence-corrected chi connectivity index (χ3v) is 4.06. The molecule has 0 N–H and O–H groups in total. The van der Waals surface area contributed by atoms with E-state index in [4.69, 9.17) is 16.3 Å². The largest absolute Gasteiger partial charge is 0.378 e. The van der Waals surface area contributed by atoms with E-state index >= 15 is 0 Å². The molecule has 2 atom stereocenters. The average molecular weight is 260 g/mol. The van der Waals surface area contributed by atoms with Crippen LogP contribution >= 0.6 is 11.6 Å². The minimum absolute atomic E-state index is 0.178. The van der Waals surface area contributed by atoms with Gasteiger partial charge in [0.1, 0.15) is 0 Å². The van der Waals surface area contributed by atoms with Crippen LogP contribution in [0.3, 0.4) is 0 Å². The monoisotopic (exact) mass is 259 g/mol. The molecule has 3 nitrogen and oxygen atoms in total. The highest BCUT2D eigenvalue weighted by atomic mass is 35.5. The zero-order valence-corrected chi connectivity index (χ0v) is 11.1. The predicted molar refractivity (Wildman–Crippen MR) is 68.3 cm³/mol. The first-order valence-electron chi connectivity index (χ1n) is 6.78. The number of halogens is 1. The van der Waals surface area contributed by atoms with Crippen LogP contribution in [0.5, 0.6) is 0 Å². The van der Waals surface area contributed by atoms with Crippen LogP contribution in [0.1, 0.15) is 44.9 Å². The van der Waals surface area contributed by atoms with Crippen LogP contribution in [0.15, 0.2) is 0 Å². The minimum atomic E-state index is 0.178. The second-order valence-electron chi connectivity index (χ2n) is 5.05. The van der Waals surface area contributed by atoms with Gasteiger partial charge in [0, 0.05) is 25.1 Å². The summed E-state index contributed by atoms with van der Waals surface area (Å²) in [6, 6.07) is 0.433. The SMILES string of the molecule is O=C(CC1CCCO1)N1CCCC1CCCCl. The van der Waals surface area contributed by atoms with Crippen molar-refractivity contribution in [2.24, 2.45) is 0 Å². The molecule has 2 heterocycles. The Labute approximate surface area is 108 Å². The Morgan fingerprint density at radius 2 is 2.24 bits per heavy atom. The van der Waals surface area contributed by atoms with Gasteiger partial charge >= 0.3 is 0 Å². The van der Waals surface area contributed by atoms with E-state index in [1.807, 2.05) is 0 Å². The van der Waals surface area contributed by atoms with Crippen molar-refractivity contribution in [1.82, 2.24) is 4.90 Å². The van der Waals surface area contributed by atoms with Crippen LogP contribution in [0.4, 0.5) is 0 Å². The molecule has 1 amide bonds. The lowest BCUT2D eigenvalue weighted by Gasteiger charge is -2.25. The maximum atomic E-state index is 12.2. The molecule has 2 unspecified atom stereocenters. The van der Waals surface area contributed by atoms with E-state index in [0.29, 0.717) is 18.3 Å². The molecule has 2 fully saturated rings. The summed E-state index contributed by atoms with van der Waals surface area (Å²) >= 11 is 5.72. The van der Waals surface area contributed by atoms with E-state index in [9.17, 15) is 4.79 Å². The number of likely N-dealkylation sites (tertiary alicyclic amines) is 1. The molecular weight excluding hydrogens is 238 g/mol. The molecule has 0 aliphatic carbocycles. The second-order valence-corrected chi connectivity index (χ2v) is 5.43. The van der Waals surface area contributed by atoms with Gasteiger partial charge in [-0.15, -0.1) is 11.6 Å². The quantitative estimate of drug-likeness (QED) is 0.711. The number of carbonyl (C=O) groups is 1. The highest BCUT2D eigenvalue weighted by molar-refractivity contribution is 6.17. The molecule has 2 aliphatic rings. The summed E-state index contributed by atoms with van der Waals surface area (Å²) in [6.07, 6.45) is 7.27. The van der Waals surface area contributed by atoms with Gasteiger partial charge in [-0.1, -0.05) is 0 Å². The number of ether oxygens (including phenoxy) is 1. The summed E-state index contributed by atoms with van der Waals surface area (Å²) in [5.74, 6) is 0.985. The van der Waals surface area contributed by atoms with Gasteiger partial charge in [0.15, 0.2) is 0 Å². The molecule has 0 spiro atoms. The Bertz CT molecular complexity index is 254. The molecule has 2 aliphatic heterocycles. The van der Waals surface area contributed by atoms with E-state index in [1.165, 1.54) is 0 Å². The third-order valence-electron chi connectivity index (χ3n) is 3.79. The van der Waals surface area contributed by atoms with Crippen LogP contribution in [-0.2, 0) is 9.53 Å². The van der Waals surface area contributed by atoms with Crippen molar-refractivity contribution in [1.29, 1.82) is 0 Å².